The first-order valence-electron chi connectivity index (χ1n) is 12.5. The maximum atomic E-state index is 12.8. The molecule has 0 N–H and O–H groups in total. The summed E-state index contributed by atoms with van der Waals surface area (Å²) in [4.78, 5) is 40.9. The third-order valence-electron chi connectivity index (χ3n) is 8.42. The summed E-state index contributed by atoms with van der Waals surface area (Å²) >= 11 is 0. The van der Waals surface area contributed by atoms with Crippen molar-refractivity contribution < 1.29 is 23.9 Å². The van der Waals surface area contributed by atoms with Crippen LogP contribution in [0, 0.1) is 13.8 Å². The maximum Gasteiger partial charge on any atom is 0.410 e. The Hall–Kier alpha value is -3.19. The number of amides is 1. The predicted molar refractivity (Wildman–Crippen MR) is 128 cm³/mol. The first kappa shape index (κ1) is 22.3. The van der Waals surface area contributed by atoms with Gasteiger partial charge < -0.3 is 9.47 Å². The summed E-state index contributed by atoms with van der Waals surface area (Å²) in [6.45, 7) is 7.56. The molecule has 3 heterocycles. The SMILES string of the molecule is Cc1c(CN2C(=O)O[C@@H]3CN(CCc4ccc5c(c4C)COC5=O)CC[C@@H]32)ccc2c1CCC2=O. The molecule has 6 rings (SSSR count). The van der Waals surface area contributed by atoms with Crippen LogP contribution in [0.25, 0.3) is 0 Å². The van der Waals surface area contributed by atoms with Crippen molar-refractivity contribution in [1.29, 1.82) is 0 Å². The Morgan fingerprint density at radius 1 is 0.943 bits per heavy atom. The molecule has 35 heavy (non-hydrogen) atoms. The van der Waals surface area contributed by atoms with Crippen molar-refractivity contribution in [2.75, 3.05) is 19.6 Å². The predicted octanol–water partition coefficient (Wildman–Crippen LogP) is 3.74. The van der Waals surface area contributed by atoms with Gasteiger partial charge >= 0.3 is 12.1 Å². The third-order valence-corrected chi connectivity index (χ3v) is 8.42. The van der Waals surface area contributed by atoms with Crippen LogP contribution in [0.4, 0.5) is 4.79 Å². The quantitative estimate of drug-likeness (QED) is 0.615. The zero-order valence-electron chi connectivity index (χ0n) is 20.3. The van der Waals surface area contributed by atoms with Gasteiger partial charge in [0.15, 0.2) is 5.78 Å². The van der Waals surface area contributed by atoms with Crippen molar-refractivity contribution in [3.8, 4) is 0 Å². The third kappa shape index (κ3) is 3.73. The van der Waals surface area contributed by atoms with Crippen LogP contribution in [0.5, 0.6) is 0 Å². The van der Waals surface area contributed by atoms with E-state index in [1.165, 1.54) is 5.56 Å². The average molecular weight is 475 g/mol. The number of ketones is 1. The minimum atomic E-state index is -0.239. The van der Waals surface area contributed by atoms with E-state index in [-0.39, 0.29) is 30.0 Å². The van der Waals surface area contributed by atoms with Crippen molar-refractivity contribution in [2.45, 2.75) is 64.8 Å². The molecule has 1 aliphatic carbocycles. The van der Waals surface area contributed by atoms with Gasteiger partial charge in [-0.2, -0.15) is 0 Å². The molecule has 2 atom stereocenters. The van der Waals surface area contributed by atoms with E-state index in [1.54, 1.807) is 0 Å². The highest BCUT2D eigenvalue weighted by atomic mass is 16.6. The molecule has 2 saturated heterocycles. The molecule has 3 aliphatic heterocycles. The maximum absolute atomic E-state index is 12.8. The van der Waals surface area contributed by atoms with Gasteiger partial charge in [0.05, 0.1) is 11.6 Å². The van der Waals surface area contributed by atoms with Crippen molar-refractivity contribution in [3.05, 3.63) is 68.8 Å². The topological polar surface area (TPSA) is 76.2 Å². The van der Waals surface area contributed by atoms with E-state index in [2.05, 4.69) is 18.7 Å². The van der Waals surface area contributed by atoms with Gasteiger partial charge in [0.1, 0.15) is 12.7 Å². The molecule has 1 amide bonds. The van der Waals surface area contributed by atoms with Crippen molar-refractivity contribution in [3.63, 3.8) is 0 Å². The molecule has 0 radical (unpaired) electrons. The number of hydrogen-bond donors (Lipinski definition) is 0. The number of benzene rings is 2. The van der Waals surface area contributed by atoms with E-state index in [0.717, 1.165) is 72.3 Å². The highest BCUT2D eigenvalue weighted by molar-refractivity contribution is 6.00. The van der Waals surface area contributed by atoms with E-state index in [0.29, 0.717) is 25.1 Å². The zero-order chi connectivity index (χ0) is 24.3. The molecular formula is C28H30N2O5. The van der Waals surface area contributed by atoms with Gasteiger partial charge in [-0.1, -0.05) is 18.2 Å². The van der Waals surface area contributed by atoms with E-state index < -0.39 is 0 Å². The number of nitrogens with zero attached hydrogens (tertiary/aromatic N) is 2. The lowest BCUT2D eigenvalue weighted by Gasteiger charge is -2.35. The number of Topliss-reactive ketones (excluding diaryl/α,β-unsaturated/α-hetero) is 1. The summed E-state index contributed by atoms with van der Waals surface area (Å²) in [7, 11) is 0. The second-order valence-electron chi connectivity index (χ2n) is 10.2. The van der Waals surface area contributed by atoms with Crippen LogP contribution in [0.2, 0.25) is 0 Å². The standard InChI is InChI=1S/C28H30N2O5/c1-16-18(3-6-22-23(16)15-34-27(22)32)9-11-29-12-10-24-26(14-29)35-28(33)30(24)13-19-4-5-21-20(17(19)2)7-8-25(21)31/h3-6,24,26H,7-15H2,1-2H3/t24-,26+/m0/s1. The van der Waals surface area contributed by atoms with E-state index in [9.17, 15) is 14.4 Å². The average Bonchev–Trinajstić information content (AvgIpc) is 3.51. The lowest BCUT2D eigenvalue weighted by Crippen LogP contribution is -2.49. The molecule has 7 heteroatoms. The number of hydrogen-bond acceptors (Lipinski definition) is 6. The number of piperidine rings is 1. The molecule has 0 unspecified atom stereocenters. The van der Waals surface area contributed by atoms with Gasteiger partial charge in [-0.25, -0.2) is 9.59 Å². The Morgan fingerprint density at radius 2 is 1.71 bits per heavy atom. The lowest BCUT2D eigenvalue weighted by molar-refractivity contribution is 0.0534. The van der Waals surface area contributed by atoms with Crippen LogP contribution in [0.3, 0.4) is 0 Å². The van der Waals surface area contributed by atoms with Crippen LogP contribution in [-0.4, -0.2) is 59.4 Å². The number of carbonyl (C=O) groups excluding carboxylic acids is 3. The molecule has 2 aromatic carbocycles. The van der Waals surface area contributed by atoms with Crippen LogP contribution < -0.4 is 0 Å². The minimum Gasteiger partial charge on any atom is -0.457 e. The van der Waals surface area contributed by atoms with Crippen LogP contribution in [0.1, 0.15) is 66.9 Å². The number of likely N-dealkylation sites (tertiary alicyclic amines) is 1. The highest BCUT2D eigenvalue weighted by Gasteiger charge is 2.44. The van der Waals surface area contributed by atoms with E-state index >= 15 is 0 Å². The van der Waals surface area contributed by atoms with Crippen LogP contribution in [0.15, 0.2) is 24.3 Å². The summed E-state index contributed by atoms with van der Waals surface area (Å²) in [5.74, 6) is -0.00697. The van der Waals surface area contributed by atoms with Crippen LogP contribution >= 0.6 is 0 Å². The van der Waals surface area contributed by atoms with Gasteiger partial charge in [0.25, 0.3) is 0 Å². The number of cyclic esters (lactones) is 1. The Bertz CT molecular complexity index is 1250. The second kappa shape index (κ2) is 8.48. The first-order chi connectivity index (χ1) is 16.9. The molecule has 0 spiro atoms. The summed E-state index contributed by atoms with van der Waals surface area (Å²) in [6.07, 6.45) is 2.78. The Labute approximate surface area is 205 Å². The normalized spacial score (nSPS) is 23.3. The van der Waals surface area contributed by atoms with Crippen molar-refractivity contribution in [2.24, 2.45) is 0 Å². The fourth-order valence-electron chi connectivity index (χ4n) is 6.22. The van der Waals surface area contributed by atoms with Gasteiger partial charge in [0, 0.05) is 43.7 Å². The summed E-state index contributed by atoms with van der Waals surface area (Å²) in [6, 6.07) is 7.93. The number of ether oxygens (including phenoxy) is 2. The number of fused-ring (bicyclic) bond motifs is 3. The Balaban J connectivity index is 1.10. The fraction of sp³-hybridized carbons (Fsp3) is 0.464. The van der Waals surface area contributed by atoms with Crippen molar-refractivity contribution in [1.82, 2.24) is 9.80 Å². The van der Waals surface area contributed by atoms with Gasteiger partial charge in [-0.15, -0.1) is 0 Å². The first-order valence-corrected chi connectivity index (χ1v) is 12.5. The van der Waals surface area contributed by atoms with Crippen LogP contribution in [-0.2, 0) is 35.5 Å². The monoisotopic (exact) mass is 474 g/mol. The summed E-state index contributed by atoms with van der Waals surface area (Å²) < 4.78 is 11.0. The Morgan fingerprint density at radius 3 is 2.57 bits per heavy atom. The largest absolute Gasteiger partial charge is 0.457 e. The molecular weight excluding hydrogens is 444 g/mol. The molecule has 0 aromatic heterocycles. The number of carbonyl (C=O) groups is 3. The molecule has 0 saturated carbocycles. The summed E-state index contributed by atoms with van der Waals surface area (Å²) in [5.41, 5.74) is 8.32. The number of rotatable bonds is 5. The second-order valence-corrected chi connectivity index (χ2v) is 10.2. The van der Waals surface area contributed by atoms with E-state index in [1.807, 2.05) is 29.2 Å². The highest BCUT2D eigenvalue weighted by Crippen LogP contribution is 2.33. The Kier molecular flexibility index (Phi) is 5.40. The number of esters is 1. The smallest absolute Gasteiger partial charge is 0.410 e. The minimum absolute atomic E-state index is 0.0814. The zero-order valence-corrected chi connectivity index (χ0v) is 20.3. The van der Waals surface area contributed by atoms with Crippen molar-refractivity contribution >= 4 is 17.8 Å². The molecule has 7 nitrogen and oxygen atoms in total. The molecule has 182 valence electrons. The van der Waals surface area contributed by atoms with Gasteiger partial charge in [0.2, 0.25) is 0 Å². The lowest BCUT2D eigenvalue weighted by atomic mass is 9.95. The molecule has 0 bridgehead atoms. The summed E-state index contributed by atoms with van der Waals surface area (Å²) in [5, 5.41) is 0. The molecule has 2 fully saturated rings. The molecule has 2 aromatic rings. The van der Waals surface area contributed by atoms with E-state index in [4.69, 9.17) is 9.47 Å². The van der Waals surface area contributed by atoms with Gasteiger partial charge in [-0.3, -0.25) is 14.6 Å². The molecule has 4 aliphatic rings. The van der Waals surface area contributed by atoms with Gasteiger partial charge in [-0.05, 0) is 67.0 Å². The fourth-order valence-corrected chi connectivity index (χ4v) is 6.22.